The van der Waals surface area contributed by atoms with E-state index in [1.165, 1.54) is 0 Å². The molecule has 1 saturated heterocycles. The van der Waals surface area contributed by atoms with E-state index in [0.717, 1.165) is 46.3 Å². The van der Waals surface area contributed by atoms with Gasteiger partial charge in [0, 0.05) is 44.6 Å². The monoisotopic (exact) mass is 580 g/mol. The predicted octanol–water partition coefficient (Wildman–Crippen LogP) is 3.42. The number of halogens is 1. The van der Waals surface area contributed by atoms with Crippen molar-refractivity contribution < 1.29 is 14.6 Å². The minimum Gasteiger partial charge on any atom is -0.496 e. The second kappa shape index (κ2) is 10.9. The van der Waals surface area contributed by atoms with Crippen LogP contribution in [-0.2, 0) is 4.79 Å². The van der Waals surface area contributed by atoms with Gasteiger partial charge >= 0.3 is 0 Å². The summed E-state index contributed by atoms with van der Waals surface area (Å²) >= 11 is 3.45. The Morgan fingerprint density at radius 3 is 2.71 bits per heavy atom. The molecule has 0 spiro atoms. The van der Waals surface area contributed by atoms with E-state index in [-0.39, 0.29) is 12.1 Å². The Morgan fingerprint density at radius 2 is 2.00 bits per heavy atom. The van der Waals surface area contributed by atoms with Gasteiger partial charge in [0.25, 0.3) is 5.56 Å². The fourth-order valence-electron chi connectivity index (χ4n) is 4.73. The van der Waals surface area contributed by atoms with Crippen LogP contribution in [0.1, 0.15) is 17.2 Å². The lowest BCUT2D eigenvalue weighted by molar-refractivity contribution is -0.118. The van der Waals surface area contributed by atoms with E-state index in [9.17, 15) is 14.7 Å². The molecule has 10 nitrogen and oxygen atoms in total. The average molecular weight is 581 g/mol. The van der Waals surface area contributed by atoms with Crippen LogP contribution in [0.3, 0.4) is 0 Å². The number of fused-ring (bicyclic) bond motifs is 1. The second-order valence-corrected chi connectivity index (χ2v) is 10.1. The first kappa shape index (κ1) is 25.8. The number of aliphatic hydroxyl groups excluding tert-OH is 1. The van der Waals surface area contributed by atoms with Crippen LogP contribution in [0, 0.1) is 6.92 Å². The van der Waals surface area contributed by atoms with Crippen molar-refractivity contribution in [3.05, 3.63) is 68.5 Å². The number of carbonyl (C=O) groups excluding carboxylic acids is 1. The zero-order chi connectivity index (χ0) is 26.8. The summed E-state index contributed by atoms with van der Waals surface area (Å²) in [5.41, 5.74) is 4.98. The maximum atomic E-state index is 12.9. The lowest BCUT2D eigenvalue weighted by Gasteiger charge is -2.34. The van der Waals surface area contributed by atoms with Crippen molar-refractivity contribution in [2.45, 2.75) is 13.0 Å². The molecule has 2 aromatic heterocycles. The standard InChI is InChI=1S/C27H29BrN6O4/c1-16-11-18(34-9-7-33(15-35)8-10-34)13-21-25(16)32-26(31-21)24-20(5-6-29-27(24)37)30-14-22(36)17-3-4-23(38-2)19(28)12-17/h3-6,11-13,15,22,36H,7-10,14H2,1-2H3,(H,31,32)(H2,29,30,37)/t22-/m1/s1. The number of pyridine rings is 1. The summed E-state index contributed by atoms with van der Waals surface area (Å²) in [5.74, 6) is 1.12. The van der Waals surface area contributed by atoms with Crippen LogP contribution < -0.4 is 20.5 Å². The van der Waals surface area contributed by atoms with Gasteiger partial charge in [0.05, 0.1) is 34.4 Å². The number of carbonyl (C=O) groups is 1. The van der Waals surface area contributed by atoms with Gasteiger partial charge in [-0.05, 0) is 64.3 Å². The number of methoxy groups -OCH3 is 1. The highest BCUT2D eigenvalue weighted by Crippen LogP contribution is 2.31. The van der Waals surface area contributed by atoms with Gasteiger partial charge in [0.15, 0.2) is 0 Å². The minimum absolute atomic E-state index is 0.186. The largest absolute Gasteiger partial charge is 0.496 e. The number of nitrogens with one attached hydrogen (secondary N) is 3. The first-order chi connectivity index (χ1) is 18.4. The molecule has 4 aromatic rings. The highest BCUT2D eigenvalue weighted by molar-refractivity contribution is 9.10. The lowest BCUT2D eigenvalue weighted by atomic mass is 10.1. The van der Waals surface area contributed by atoms with E-state index in [2.05, 4.69) is 42.2 Å². The summed E-state index contributed by atoms with van der Waals surface area (Å²) in [6.07, 6.45) is 1.64. The molecule has 1 amide bonds. The number of ether oxygens (including phenoxy) is 1. The Kier molecular flexibility index (Phi) is 7.39. The number of hydrogen-bond donors (Lipinski definition) is 4. The predicted molar refractivity (Wildman–Crippen MR) is 151 cm³/mol. The van der Waals surface area contributed by atoms with Crippen molar-refractivity contribution in [1.29, 1.82) is 0 Å². The molecule has 0 radical (unpaired) electrons. The number of piperazine rings is 1. The fourth-order valence-corrected chi connectivity index (χ4v) is 5.29. The third-order valence-electron chi connectivity index (χ3n) is 6.83. The van der Waals surface area contributed by atoms with Gasteiger partial charge in [0.1, 0.15) is 17.1 Å². The third kappa shape index (κ3) is 5.11. The maximum Gasteiger partial charge on any atom is 0.261 e. The smallest absolute Gasteiger partial charge is 0.261 e. The maximum absolute atomic E-state index is 12.9. The van der Waals surface area contributed by atoms with Crippen LogP contribution in [0.25, 0.3) is 22.4 Å². The highest BCUT2D eigenvalue weighted by Gasteiger charge is 2.20. The number of aliphatic hydroxyl groups is 1. The first-order valence-corrected chi connectivity index (χ1v) is 13.1. The average Bonchev–Trinajstić information content (AvgIpc) is 3.36. The molecule has 5 rings (SSSR count). The number of hydrogen-bond acceptors (Lipinski definition) is 7. The number of rotatable bonds is 8. The molecule has 1 fully saturated rings. The quantitative estimate of drug-likeness (QED) is 0.235. The van der Waals surface area contributed by atoms with Crippen molar-refractivity contribution in [2.75, 3.05) is 50.1 Å². The fraction of sp³-hybridized carbons (Fsp3) is 0.296. The summed E-state index contributed by atoms with van der Waals surface area (Å²) < 4.78 is 6.01. The first-order valence-electron chi connectivity index (χ1n) is 12.3. The van der Waals surface area contributed by atoms with Crippen LogP contribution in [0.15, 0.2) is 51.9 Å². The molecule has 2 aromatic carbocycles. The lowest BCUT2D eigenvalue weighted by Crippen LogP contribution is -2.45. The van der Waals surface area contributed by atoms with E-state index >= 15 is 0 Å². The van der Waals surface area contributed by atoms with Crippen molar-refractivity contribution in [2.24, 2.45) is 0 Å². The Hall–Kier alpha value is -3.83. The number of imidazole rings is 1. The van der Waals surface area contributed by atoms with Gasteiger partial charge < -0.3 is 34.9 Å². The van der Waals surface area contributed by atoms with Crippen molar-refractivity contribution >= 4 is 44.7 Å². The summed E-state index contributed by atoms with van der Waals surface area (Å²) in [4.78, 5) is 38.8. The van der Waals surface area contributed by atoms with Gasteiger partial charge in [-0.1, -0.05) is 6.07 Å². The molecule has 198 valence electrons. The zero-order valence-electron chi connectivity index (χ0n) is 21.1. The van der Waals surface area contributed by atoms with E-state index in [0.29, 0.717) is 41.5 Å². The van der Waals surface area contributed by atoms with Gasteiger partial charge in [-0.2, -0.15) is 0 Å². The van der Waals surface area contributed by atoms with E-state index in [4.69, 9.17) is 9.72 Å². The Labute approximate surface area is 227 Å². The number of aromatic amines is 2. The summed E-state index contributed by atoms with van der Waals surface area (Å²) in [6, 6.07) is 11.3. The SMILES string of the molecule is COc1ccc([C@H](O)CNc2cc[nH]c(=O)c2-c2nc3c(C)cc(N4CCN(C=O)CC4)cc3[nH]2)cc1Br. The molecule has 1 aliphatic heterocycles. The molecule has 11 heteroatoms. The van der Waals surface area contributed by atoms with Crippen LogP contribution in [-0.4, -0.2) is 71.2 Å². The molecule has 1 aliphatic rings. The molecule has 0 unspecified atom stereocenters. The number of anilines is 2. The van der Waals surface area contributed by atoms with Crippen LogP contribution in [0.4, 0.5) is 11.4 Å². The van der Waals surface area contributed by atoms with E-state index < -0.39 is 6.10 Å². The molecule has 0 saturated carbocycles. The normalized spacial score (nSPS) is 14.5. The van der Waals surface area contributed by atoms with Crippen molar-refractivity contribution in [3.8, 4) is 17.1 Å². The summed E-state index contributed by atoms with van der Waals surface area (Å²) in [6.45, 7) is 5.06. The number of H-pyrrole nitrogens is 2. The Balaban J connectivity index is 1.41. The zero-order valence-corrected chi connectivity index (χ0v) is 22.7. The number of nitrogens with zero attached hydrogens (tertiary/aromatic N) is 3. The molecule has 0 aliphatic carbocycles. The molecular weight excluding hydrogens is 552 g/mol. The van der Waals surface area contributed by atoms with Crippen molar-refractivity contribution in [3.63, 3.8) is 0 Å². The number of aryl methyl sites for hydroxylation is 1. The van der Waals surface area contributed by atoms with Gasteiger partial charge in [-0.15, -0.1) is 0 Å². The minimum atomic E-state index is -0.815. The summed E-state index contributed by atoms with van der Waals surface area (Å²) in [7, 11) is 1.59. The third-order valence-corrected chi connectivity index (χ3v) is 7.45. The number of benzene rings is 2. The molecule has 4 N–H and O–H groups in total. The number of amides is 1. The van der Waals surface area contributed by atoms with Crippen LogP contribution in [0.2, 0.25) is 0 Å². The topological polar surface area (TPSA) is 127 Å². The Bertz CT molecular complexity index is 1530. The van der Waals surface area contributed by atoms with E-state index in [1.807, 2.05) is 19.1 Å². The highest BCUT2D eigenvalue weighted by atomic mass is 79.9. The molecule has 38 heavy (non-hydrogen) atoms. The Morgan fingerprint density at radius 1 is 1.21 bits per heavy atom. The molecule has 3 heterocycles. The van der Waals surface area contributed by atoms with Gasteiger partial charge in [0.2, 0.25) is 6.41 Å². The number of aromatic nitrogens is 3. The molecule has 1 atom stereocenters. The second-order valence-electron chi connectivity index (χ2n) is 9.26. The van der Waals surface area contributed by atoms with Crippen LogP contribution >= 0.6 is 15.9 Å². The van der Waals surface area contributed by atoms with Crippen LogP contribution in [0.5, 0.6) is 5.75 Å². The molecular formula is C27H29BrN6O4. The van der Waals surface area contributed by atoms with E-state index in [1.54, 1.807) is 36.4 Å². The van der Waals surface area contributed by atoms with Gasteiger partial charge in [-0.25, -0.2) is 4.98 Å². The summed E-state index contributed by atoms with van der Waals surface area (Å²) in [5, 5.41) is 14.0. The van der Waals surface area contributed by atoms with Crippen molar-refractivity contribution in [1.82, 2.24) is 19.9 Å². The molecule has 0 bridgehead atoms. The van der Waals surface area contributed by atoms with Gasteiger partial charge in [-0.3, -0.25) is 9.59 Å².